The Morgan fingerprint density at radius 2 is 1.89 bits per heavy atom. The minimum absolute atomic E-state index is 0.480. The number of rotatable bonds is 1. The minimum Gasteiger partial charge on any atom is -0.0850 e. The van der Waals surface area contributed by atoms with Crippen LogP contribution in [-0.4, -0.2) is 0 Å². The lowest BCUT2D eigenvalue weighted by Gasteiger charge is -2.26. The Balaban J connectivity index is 2.89. The maximum Gasteiger partial charge on any atom is -0.0195 e. The molecular formula is C19H34. The molecule has 0 aromatic heterocycles. The molecule has 0 bridgehead atoms. The minimum atomic E-state index is 0.480. The maximum atomic E-state index is 2.50. The quantitative estimate of drug-likeness (QED) is 0.463. The summed E-state index contributed by atoms with van der Waals surface area (Å²) in [6.45, 7) is 14.3. The molecule has 110 valence electrons. The number of allylic oxidation sites excluding steroid dienone is 4. The Morgan fingerprint density at radius 3 is 2.53 bits per heavy atom. The molecule has 1 unspecified atom stereocenters. The lowest BCUT2D eigenvalue weighted by Crippen LogP contribution is -2.12. The molecule has 0 N–H and O–H groups in total. The van der Waals surface area contributed by atoms with Crippen LogP contribution in [0.25, 0.3) is 0 Å². The first-order chi connectivity index (χ1) is 8.85. The maximum absolute atomic E-state index is 2.50. The van der Waals surface area contributed by atoms with Crippen LogP contribution in [0.1, 0.15) is 86.5 Å². The molecule has 0 nitrogen and oxygen atoms in total. The SMILES string of the molecule is CCC1=C(C)CCCCC(C)(C)CC(C)=CCC1C. The largest absolute Gasteiger partial charge is 0.0850 e. The fourth-order valence-corrected chi connectivity index (χ4v) is 3.66. The summed E-state index contributed by atoms with van der Waals surface area (Å²) in [4.78, 5) is 0. The first kappa shape index (κ1) is 16.5. The molecule has 0 spiro atoms. The molecule has 0 heterocycles. The topological polar surface area (TPSA) is 0 Å². The van der Waals surface area contributed by atoms with Gasteiger partial charge in [0.25, 0.3) is 0 Å². The van der Waals surface area contributed by atoms with Gasteiger partial charge < -0.3 is 0 Å². The summed E-state index contributed by atoms with van der Waals surface area (Å²) in [5, 5.41) is 0. The fourth-order valence-electron chi connectivity index (χ4n) is 3.66. The van der Waals surface area contributed by atoms with Crippen molar-refractivity contribution in [2.75, 3.05) is 0 Å². The Morgan fingerprint density at radius 1 is 1.21 bits per heavy atom. The van der Waals surface area contributed by atoms with Crippen LogP contribution in [0.4, 0.5) is 0 Å². The third-order valence-electron chi connectivity index (χ3n) is 4.76. The lowest BCUT2D eigenvalue weighted by atomic mass is 9.79. The van der Waals surface area contributed by atoms with E-state index >= 15 is 0 Å². The van der Waals surface area contributed by atoms with Crippen molar-refractivity contribution in [1.82, 2.24) is 0 Å². The van der Waals surface area contributed by atoms with Gasteiger partial charge in [-0.1, -0.05) is 56.9 Å². The van der Waals surface area contributed by atoms with Gasteiger partial charge in [0.1, 0.15) is 0 Å². The Hall–Kier alpha value is -0.520. The standard InChI is InChI=1S/C19H34/c1-7-18-16(3)10-8-9-13-19(5,6)14-15(2)11-12-17(18)4/h11,17H,7-10,12-14H2,1-6H3. The highest BCUT2D eigenvalue weighted by atomic mass is 14.2. The van der Waals surface area contributed by atoms with E-state index in [1.807, 2.05) is 0 Å². The normalized spacial score (nSPS) is 26.4. The van der Waals surface area contributed by atoms with E-state index in [2.05, 4.69) is 47.6 Å². The van der Waals surface area contributed by atoms with E-state index < -0.39 is 0 Å². The molecule has 0 saturated carbocycles. The van der Waals surface area contributed by atoms with Gasteiger partial charge in [0.15, 0.2) is 0 Å². The highest BCUT2D eigenvalue weighted by molar-refractivity contribution is 5.16. The van der Waals surface area contributed by atoms with Crippen LogP contribution in [0.3, 0.4) is 0 Å². The molecule has 0 heteroatoms. The van der Waals surface area contributed by atoms with Crippen molar-refractivity contribution in [3.63, 3.8) is 0 Å². The summed E-state index contributed by atoms with van der Waals surface area (Å²) in [6.07, 6.45) is 11.6. The van der Waals surface area contributed by atoms with Gasteiger partial charge >= 0.3 is 0 Å². The number of hydrogen-bond donors (Lipinski definition) is 0. The Kier molecular flexibility index (Phi) is 6.36. The summed E-state index contributed by atoms with van der Waals surface area (Å²) in [6, 6.07) is 0. The van der Waals surface area contributed by atoms with E-state index in [9.17, 15) is 0 Å². The zero-order valence-electron chi connectivity index (χ0n) is 14.1. The molecule has 0 amide bonds. The van der Waals surface area contributed by atoms with Crippen LogP contribution < -0.4 is 0 Å². The van der Waals surface area contributed by atoms with Crippen molar-refractivity contribution in [3.05, 3.63) is 22.8 Å². The van der Waals surface area contributed by atoms with Crippen molar-refractivity contribution >= 4 is 0 Å². The van der Waals surface area contributed by atoms with Crippen LogP contribution in [0, 0.1) is 11.3 Å². The summed E-state index contributed by atoms with van der Waals surface area (Å²) >= 11 is 0. The smallest absolute Gasteiger partial charge is 0.0195 e. The number of hydrogen-bond acceptors (Lipinski definition) is 0. The Labute approximate surface area is 121 Å². The summed E-state index contributed by atoms with van der Waals surface area (Å²) in [5.41, 5.74) is 5.45. The highest BCUT2D eigenvalue weighted by Gasteiger charge is 2.19. The van der Waals surface area contributed by atoms with Crippen LogP contribution >= 0.6 is 0 Å². The first-order valence-corrected chi connectivity index (χ1v) is 8.20. The van der Waals surface area contributed by atoms with Gasteiger partial charge in [0.05, 0.1) is 0 Å². The van der Waals surface area contributed by atoms with Crippen molar-refractivity contribution in [2.24, 2.45) is 11.3 Å². The average Bonchev–Trinajstić information content (AvgIpc) is 2.31. The zero-order chi connectivity index (χ0) is 14.5. The van der Waals surface area contributed by atoms with E-state index in [0.29, 0.717) is 5.41 Å². The average molecular weight is 262 g/mol. The van der Waals surface area contributed by atoms with E-state index in [0.717, 1.165) is 5.92 Å². The van der Waals surface area contributed by atoms with Gasteiger partial charge in [-0.2, -0.15) is 0 Å². The van der Waals surface area contributed by atoms with Gasteiger partial charge in [0, 0.05) is 0 Å². The first-order valence-electron chi connectivity index (χ1n) is 8.20. The van der Waals surface area contributed by atoms with E-state index in [1.54, 1.807) is 16.7 Å². The van der Waals surface area contributed by atoms with Crippen molar-refractivity contribution in [2.45, 2.75) is 86.5 Å². The van der Waals surface area contributed by atoms with Crippen molar-refractivity contribution in [1.29, 1.82) is 0 Å². The van der Waals surface area contributed by atoms with Crippen LogP contribution in [0.2, 0.25) is 0 Å². The second-order valence-corrected chi connectivity index (χ2v) is 7.39. The fraction of sp³-hybridized carbons (Fsp3) is 0.789. The molecule has 0 aromatic carbocycles. The van der Waals surface area contributed by atoms with E-state index in [1.165, 1.54) is 44.9 Å². The second-order valence-electron chi connectivity index (χ2n) is 7.39. The molecule has 1 rings (SSSR count). The van der Waals surface area contributed by atoms with Gasteiger partial charge in [-0.15, -0.1) is 0 Å². The monoisotopic (exact) mass is 262 g/mol. The van der Waals surface area contributed by atoms with E-state index in [-0.39, 0.29) is 0 Å². The van der Waals surface area contributed by atoms with Crippen LogP contribution in [0.15, 0.2) is 22.8 Å². The predicted molar refractivity (Wildman–Crippen MR) is 87.4 cm³/mol. The molecule has 0 fully saturated rings. The molecule has 0 aliphatic heterocycles. The third kappa shape index (κ3) is 5.55. The molecule has 1 aliphatic rings. The molecule has 19 heavy (non-hydrogen) atoms. The van der Waals surface area contributed by atoms with E-state index in [4.69, 9.17) is 0 Å². The summed E-state index contributed by atoms with van der Waals surface area (Å²) in [7, 11) is 0. The van der Waals surface area contributed by atoms with Crippen molar-refractivity contribution < 1.29 is 0 Å². The summed E-state index contributed by atoms with van der Waals surface area (Å²) in [5.74, 6) is 0.725. The molecule has 0 radical (unpaired) electrons. The zero-order valence-corrected chi connectivity index (χ0v) is 14.1. The Bertz CT molecular complexity index is 341. The van der Waals surface area contributed by atoms with Gasteiger partial charge in [-0.3, -0.25) is 0 Å². The molecular weight excluding hydrogens is 228 g/mol. The van der Waals surface area contributed by atoms with Crippen LogP contribution in [0.5, 0.6) is 0 Å². The molecule has 0 saturated heterocycles. The lowest BCUT2D eigenvalue weighted by molar-refractivity contribution is 0.317. The van der Waals surface area contributed by atoms with Gasteiger partial charge in [-0.05, 0) is 63.7 Å². The van der Waals surface area contributed by atoms with Crippen molar-refractivity contribution in [3.8, 4) is 0 Å². The van der Waals surface area contributed by atoms with Crippen LogP contribution in [-0.2, 0) is 0 Å². The van der Waals surface area contributed by atoms with Gasteiger partial charge in [0.2, 0.25) is 0 Å². The highest BCUT2D eigenvalue weighted by Crippen LogP contribution is 2.34. The second kappa shape index (κ2) is 7.31. The predicted octanol–water partition coefficient (Wildman–Crippen LogP) is 6.68. The molecule has 0 aromatic rings. The molecule has 1 aliphatic carbocycles. The molecule has 1 atom stereocenters. The summed E-state index contributed by atoms with van der Waals surface area (Å²) < 4.78 is 0. The third-order valence-corrected chi connectivity index (χ3v) is 4.76. The van der Waals surface area contributed by atoms with Gasteiger partial charge in [-0.25, -0.2) is 0 Å².